The van der Waals surface area contributed by atoms with E-state index in [1.807, 2.05) is 6.07 Å². The maximum absolute atomic E-state index is 13.6. The molecule has 0 spiro atoms. The molecule has 0 saturated carbocycles. The minimum absolute atomic E-state index is 0.162. The molecule has 76 valence electrons. The fraction of sp³-hybridized carbons (Fsp3) is 0.500. The molecule has 1 aromatic rings. The third-order valence-corrected chi connectivity index (χ3v) is 3.07. The molecule has 1 nitrogen and oxygen atoms in total. The Bertz CT molecular complexity index is 371. The Kier molecular flexibility index (Phi) is 2.31. The highest BCUT2D eigenvalue weighted by atomic mass is 19.1. The Hall–Kier alpha value is -0.890. The van der Waals surface area contributed by atoms with Crippen LogP contribution >= 0.6 is 0 Å². The molecule has 0 heterocycles. The van der Waals surface area contributed by atoms with E-state index in [4.69, 9.17) is 0 Å². The van der Waals surface area contributed by atoms with Crippen LogP contribution < -0.4 is 0 Å². The standard InChI is InChI=1S/C12H15FO/c1-7-6-9-4-3-5-10(14)11(9)8(2)12(7)13/h6,10,14H,3-5H2,1-2H3. The van der Waals surface area contributed by atoms with E-state index in [0.717, 1.165) is 30.4 Å². The molecule has 1 aliphatic carbocycles. The normalized spacial score (nSPS) is 20.7. The van der Waals surface area contributed by atoms with Crippen LogP contribution in [0.1, 0.15) is 41.2 Å². The zero-order valence-electron chi connectivity index (χ0n) is 8.60. The minimum Gasteiger partial charge on any atom is -0.388 e. The van der Waals surface area contributed by atoms with E-state index in [1.165, 1.54) is 0 Å². The van der Waals surface area contributed by atoms with Crippen LogP contribution in [0.3, 0.4) is 0 Å². The lowest BCUT2D eigenvalue weighted by Gasteiger charge is -2.24. The summed E-state index contributed by atoms with van der Waals surface area (Å²) in [5.74, 6) is -0.162. The van der Waals surface area contributed by atoms with Crippen molar-refractivity contribution in [2.24, 2.45) is 0 Å². The molecule has 0 aromatic heterocycles. The van der Waals surface area contributed by atoms with Crippen molar-refractivity contribution in [3.05, 3.63) is 34.1 Å². The minimum atomic E-state index is -0.464. The number of hydrogen-bond acceptors (Lipinski definition) is 1. The van der Waals surface area contributed by atoms with Crippen LogP contribution in [-0.4, -0.2) is 5.11 Å². The molecule has 0 saturated heterocycles. The topological polar surface area (TPSA) is 20.2 Å². The molecule has 0 radical (unpaired) electrons. The number of halogens is 1. The number of aryl methyl sites for hydroxylation is 2. The summed E-state index contributed by atoms with van der Waals surface area (Å²) in [5, 5.41) is 9.79. The molecule has 2 heteroatoms. The van der Waals surface area contributed by atoms with Gasteiger partial charge in [-0.2, -0.15) is 0 Å². The Balaban J connectivity index is 2.64. The van der Waals surface area contributed by atoms with Crippen molar-refractivity contribution >= 4 is 0 Å². The van der Waals surface area contributed by atoms with Gasteiger partial charge in [-0.05, 0) is 55.4 Å². The summed E-state index contributed by atoms with van der Waals surface area (Å²) in [6.45, 7) is 3.54. The second-order valence-electron chi connectivity index (χ2n) is 4.11. The molecule has 0 amide bonds. The first-order valence-electron chi connectivity index (χ1n) is 5.08. The summed E-state index contributed by atoms with van der Waals surface area (Å²) in [6.07, 6.45) is 2.26. The summed E-state index contributed by atoms with van der Waals surface area (Å²) in [5.41, 5.74) is 3.28. The molecule has 1 aliphatic rings. The van der Waals surface area contributed by atoms with E-state index in [9.17, 15) is 9.50 Å². The number of hydrogen-bond donors (Lipinski definition) is 1. The smallest absolute Gasteiger partial charge is 0.129 e. The van der Waals surface area contributed by atoms with Crippen LogP contribution in [0.2, 0.25) is 0 Å². The van der Waals surface area contributed by atoms with Crippen LogP contribution in [-0.2, 0) is 6.42 Å². The first kappa shape index (κ1) is 9.66. The van der Waals surface area contributed by atoms with Gasteiger partial charge in [0.15, 0.2) is 0 Å². The van der Waals surface area contributed by atoms with Crippen LogP contribution in [0.5, 0.6) is 0 Å². The van der Waals surface area contributed by atoms with Crippen molar-refractivity contribution in [2.45, 2.75) is 39.2 Å². The lowest BCUT2D eigenvalue weighted by Crippen LogP contribution is -2.13. The monoisotopic (exact) mass is 194 g/mol. The Morgan fingerprint density at radius 1 is 1.43 bits per heavy atom. The van der Waals surface area contributed by atoms with Gasteiger partial charge in [0.25, 0.3) is 0 Å². The maximum Gasteiger partial charge on any atom is 0.129 e. The van der Waals surface area contributed by atoms with Crippen molar-refractivity contribution in [2.75, 3.05) is 0 Å². The molecular formula is C12H15FO. The van der Waals surface area contributed by atoms with Crippen molar-refractivity contribution in [3.8, 4) is 0 Å². The summed E-state index contributed by atoms with van der Waals surface area (Å²) >= 11 is 0. The SMILES string of the molecule is Cc1cc2c(c(C)c1F)C(O)CCC2. The van der Waals surface area contributed by atoms with Crippen LogP contribution in [0.15, 0.2) is 6.07 Å². The number of rotatable bonds is 0. The van der Waals surface area contributed by atoms with Gasteiger partial charge in [-0.1, -0.05) is 6.07 Å². The zero-order valence-corrected chi connectivity index (χ0v) is 8.60. The van der Waals surface area contributed by atoms with Crippen molar-refractivity contribution in [3.63, 3.8) is 0 Å². The molecule has 14 heavy (non-hydrogen) atoms. The largest absolute Gasteiger partial charge is 0.388 e. The molecule has 1 aromatic carbocycles. The summed E-state index contributed by atoms with van der Waals surface area (Å²) in [4.78, 5) is 0. The summed E-state index contributed by atoms with van der Waals surface area (Å²) in [6, 6.07) is 1.88. The van der Waals surface area contributed by atoms with Crippen LogP contribution in [0.4, 0.5) is 4.39 Å². The van der Waals surface area contributed by atoms with Gasteiger partial charge in [0.1, 0.15) is 5.82 Å². The van der Waals surface area contributed by atoms with Crippen molar-refractivity contribution < 1.29 is 9.50 Å². The lowest BCUT2D eigenvalue weighted by atomic mass is 9.85. The molecular weight excluding hydrogens is 179 g/mol. The highest BCUT2D eigenvalue weighted by molar-refractivity contribution is 5.42. The second-order valence-corrected chi connectivity index (χ2v) is 4.11. The number of aliphatic hydroxyl groups is 1. The maximum atomic E-state index is 13.6. The van der Waals surface area contributed by atoms with Gasteiger partial charge >= 0.3 is 0 Å². The zero-order chi connectivity index (χ0) is 10.3. The summed E-state index contributed by atoms with van der Waals surface area (Å²) in [7, 11) is 0. The highest BCUT2D eigenvalue weighted by Gasteiger charge is 2.22. The van der Waals surface area contributed by atoms with Crippen LogP contribution in [0.25, 0.3) is 0 Å². The van der Waals surface area contributed by atoms with Gasteiger partial charge in [-0.15, -0.1) is 0 Å². The number of aliphatic hydroxyl groups excluding tert-OH is 1. The predicted octanol–water partition coefficient (Wildman–Crippen LogP) is 2.81. The molecule has 2 rings (SSSR count). The summed E-state index contributed by atoms with van der Waals surface area (Å²) < 4.78 is 13.6. The van der Waals surface area contributed by atoms with E-state index in [1.54, 1.807) is 13.8 Å². The molecule has 0 bridgehead atoms. The molecule has 1 unspecified atom stereocenters. The number of benzene rings is 1. The quantitative estimate of drug-likeness (QED) is 0.673. The van der Waals surface area contributed by atoms with E-state index >= 15 is 0 Å². The van der Waals surface area contributed by atoms with E-state index < -0.39 is 6.10 Å². The fourth-order valence-corrected chi connectivity index (χ4v) is 2.36. The van der Waals surface area contributed by atoms with Gasteiger partial charge in [0.05, 0.1) is 6.10 Å². The van der Waals surface area contributed by atoms with Crippen molar-refractivity contribution in [1.29, 1.82) is 0 Å². The average molecular weight is 194 g/mol. The van der Waals surface area contributed by atoms with Gasteiger partial charge in [-0.25, -0.2) is 4.39 Å². The van der Waals surface area contributed by atoms with Crippen LogP contribution in [0, 0.1) is 19.7 Å². The highest BCUT2D eigenvalue weighted by Crippen LogP contribution is 2.34. The number of fused-ring (bicyclic) bond motifs is 1. The Morgan fingerprint density at radius 2 is 2.14 bits per heavy atom. The van der Waals surface area contributed by atoms with Crippen molar-refractivity contribution in [1.82, 2.24) is 0 Å². The second kappa shape index (κ2) is 3.35. The first-order chi connectivity index (χ1) is 6.61. The predicted molar refractivity (Wildman–Crippen MR) is 53.8 cm³/mol. The molecule has 1 N–H and O–H groups in total. The Morgan fingerprint density at radius 3 is 2.86 bits per heavy atom. The first-order valence-corrected chi connectivity index (χ1v) is 5.08. The molecule has 1 atom stereocenters. The van der Waals surface area contributed by atoms with E-state index in [-0.39, 0.29) is 5.82 Å². The van der Waals surface area contributed by atoms with Gasteiger partial charge in [0, 0.05) is 0 Å². The average Bonchev–Trinajstić information content (AvgIpc) is 2.14. The fourth-order valence-electron chi connectivity index (χ4n) is 2.36. The third kappa shape index (κ3) is 1.34. The van der Waals surface area contributed by atoms with E-state index in [2.05, 4.69) is 0 Å². The van der Waals surface area contributed by atoms with Gasteiger partial charge in [0.2, 0.25) is 0 Å². The Labute approximate surface area is 83.6 Å². The third-order valence-electron chi connectivity index (χ3n) is 3.07. The lowest BCUT2D eigenvalue weighted by molar-refractivity contribution is 0.155. The van der Waals surface area contributed by atoms with Gasteiger partial charge in [-0.3, -0.25) is 0 Å². The molecule has 0 aliphatic heterocycles. The van der Waals surface area contributed by atoms with Gasteiger partial charge < -0.3 is 5.11 Å². The van der Waals surface area contributed by atoms with E-state index in [0.29, 0.717) is 11.1 Å². The molecule has 0 fully saturated rings.